The van der Waals surface area contributed by atoms with Gasteiger partial charge in [0, 0.05) is 30.0 Å². The SMILES string of the molecule is CNC(C)c1c(OC)cccc1N(C)c1ccccc1. The van der Waals surface area contributed by atoms with Gasteiger partial charge in [-0.2, -0.15) is 0 Å². The molecule has 1 N–H and O–H groups in total. The molecule has 2 aromatic rings. The highest BCUT2D eigenvalue weighted by Crippen LogP contribution is 2.36. The Morgan fingerprint density at radius 2 is 1.75 bits per heavy atom. The fourth-order valence-corrected chi connectivity index (χ4v) is 2.37. The highest BCUT2D eigenvalue weighted by Gasteiger charge is 2.17. The molecule has 106 valence electrons. The molecule has 0 spiro atoms. The van der Waals surface area contributed by atoms with Crippen LogP contribution in [0.4, 0.5) is 11.4 Å². The quantitative estimate of drug-likeness (QED) is 0.895. The summed E-state index contributed by atoms with van der Waals surface area (Å²) >= 11 is 0. The molecule has 20 heavy (non-hydrogen) atoms. The number of hydrogen-bond donors (Lipinski definition) is 1. The van der Waals surface area contributed by atoms with Crippen molar-refractivity contribution in [2.24, 2.45) is 0 Å². The van der Waals surface area contributed by atoms with Gasteiger partial charge < -0.3 is 15.0 Å². The van der Waals surface area contributed by atoms with Gasteiger partial charge in [0.25, 0.3) is 0 Å². The van der Waals surface area contributed by atoms with Crippen LogP contribution in [0.2, 0.25) is 0 Å². The fraction of sp³-hybridized carbons (Fsp3) is 0.294. The van der Waals surface area contributed by atoms with Gasteiger partial charge in [-0.1, -0.05) is 24.3 Å². The number of methoxy groups -OCH3 is 1. The van der Waals surface area contributed by atoms with Crippen LogP contribution in [0.5, 0.6) is 5.75 Å². The van der Waals surface area contributed by atoms with Gasteiger partial charge in [0.15, 0.2) is 0 Å². The molecular formula is C17H22N2O. The lowest BCUT2D eigenvalue weighted by molar-refractivity contribution is 0.404. The zero-order valence-corrected chi connectivity index (χ0v) is 12.6. The van der Waals surface area contributed by atoms with Crippen LogP contribution in [0.15, 0.2) is 48.5 Å². The van der Waals surface area contributed by atoms with Gasteiger partial charge in [-0.05, 0) is 38.2 Å². The number of anilines is 2. The molecule has 0 aliphatic heterocycles. The molecule has 3 heteroatoms. The molecule has 0 aliphatic rings. The molecule has 0 heterocycles. The zero-order chi connectivity index (χ0) is 14.5. The van der Waals surface area contributed by atoms with E-state index >= 15 is 0 Å². The van der Waals surface area contributed by atoms with E-state index in [2.05, 4.69) is 42.4 Å². The molecule has 1 atom stereocenters. The summed E-state index contributed by atoms with van der Waals surface area (Å²) in [7, 11) is 5.76. The van der Waals surface area contributed by atoms with Crippen LogP contribution in [-0.2, 0) is 0 Å². The standard InChI is InChI=1S/C17H22N2O/c1-13(18-2)17-15(11-8-12-16(17)20-4)19(3)14-9-6-5-7-10-14/h5-13,18H,1-4H3. The average Bonchev–Trinajstić information content (AvgIpc) is 2.53. The minimum absolute atomic E-state index is 0.215. The second-order valence-corrected chi connectivity index (χ2v) is 4.80. The molecule has 0 aliphatic carbocycles. The first-order valence-electron chi connectivity index (χ1n) is 6.82. The number of ether oxygens (including phenoxy) is 1. The zero-order valence-electron chi connectivity index (χ0n) is 12.6. The second kappa shape index (κ2) is 6.44. The number of para-hydroxylation sites is 1. The average molecular weight is 270 g/mol. The topological polar surface area (TPSA) is 24.5 Å². The Hall–Kier alpha value is -2.00. The van der Waals surface area contributed by atoms with Crippen LogP contribution in [0.3, 0.4) is 0 Å². The summed E-state index contributed by atoms with van der Waals surface area (Å²) in [5.74, 6) is 0.909. The van der Waals surface area contributed by atoms with Gasteiger partial charge in [0.2, 0.25) is 0 Å². The van der Waals surface area contributed by atoms with Crippen LogP contribution in [-0.4, -0.2) is 21.2 Å². The predicted molar refractivity (Wildman–Crippen MR) is 85.0 cm³/mol. The Morgan fingerprint density at radius 3 is 2.35 bits per heavy atom. The molecule has 2 rings (SSSR count). The number of rotatable bonds is 5. The van der Waals surface area contributed by atoms with Crippen LogP contribution < -0.4 is 15.0 Å². The van der Waals surface area contributed by atoms with Gasteiger partial charge in [-0.3, -0.25) is 0 Å². The molecule has 0 fully saturated rings. The summed E-state index contributed by atoms with van der Waals surface area (Å²) in [6, 6.07) is 16.7. The van der Waals surface area contributed by atoms with E-state index in [0.717, 1.165) is 17.1 Å². The van der Waals surface area contributed by atoms with Crippen molar-refractivity contribution >= 4 is 11.4 Å². The monoisotopic (exact) mass is 270 g/mol. The Labute approximate surface area is 121 Å². The third-order valence-corrected chi connectivity index (χ3v) is 3.63. The molecule has 0 saturated heterocycles. The van der Waals surface area contributed by atoms with Crippen molar-refractivity contribution in [2.45, 2.75) is 13.0 Å². The molecule has 0 saturated carbocycles. The first-order chi connectivity index (χ1) is 9.69. The molecular weight excluding hydrogens is 248 g/mol. The van der Waals surface area contributed by atoms with Crippen LogP contribution >= 0.6 is 0 Å². The third kappa shape index (κ3) is 2.78. The van der Waals surface area contributed by atoms with E-state index < -0.39 is 0 Å². The van der Waals surface area contributed by atoms with Gasteiger partial charge in [0.05, 0.1) is 7.11 Å². The summed E-state index contributed by atoms with van der Waals surface area (Å²) < 4.78 is 5.53. The summed E-state index contributed by atoms with van der Waals surface area (Å²) in [6.07, 6.45) is 0. The number of nitrogens with one attached hydrogen (secondary N) is 1. The number of hydrogen-bond acceptors (Lipinski definition) is 3. The van der Waals surface area contributed by atoms with Crippen molar-refractivity contribution in [3.05, 3.63) is 54.1 Å². The minimum Gasteiger partial charge on any atom is -0.496 e. The molecule has 3 nitrogen and oxygen atoms in total. The molecule has 0 amide bonds. The van der Waals surface area contributed by atoms with Gasteiger partial charge in [0.1, 0.15) is 5.75 Å². The number of benzene rings is 2. The highest BCUT2D eigenvalue weighted by molar-refractivity contribution is 5.69. The van der Waals surface area contributed by atoms with Crippen molar-refractivity contribution in [2.75, 3.05) is 26.1 Å². The fourth-order valence-electron chi connectivity index (χ4n) is 2.37. The van der Waals surface area contributed by atoms with Crippen molar-refractivity contribution in [3.63, 3.8) is 0 Å². The largest absolute Gasteiger partial charge is 0.496 e. The third-order valence-electron chi connectivity index (χ3n) is 3.63. The lowest BCUT2D eigenvalue weighted by Crippen LogP contribution is -2.19. The summed E-state index contributed by atoms with van der Waals surface area (Å²) in [5, 5.41) is 3.30. The van der Waals surface area contributed by atoms with E-state index in [1.807, 2.05) is 37.4 Å². The van der Waals surface area contributed by atoms with Crippen molar-refractivity contribution in [1.29, 1.82) is 0 Å². The van der Waals surface area contributed by atoms with Crippen LogP contribution in [0, 0.1) is 0 Å². The van der Waals surface area contributed by atoms with E-state index in [1.165, 1.54) is 5.56 Å². The maximum Gasteiger partial charge on any atom is 0.125 e. The normalized spacial score (nSPS) is 12.0. The highest BCUT2D eigenvalue weighted by atomic mass is 16.5. The minimum atomic E-state index is 0.215. The second-order valence-electron chi connectivity index (χ2n) is 4.80. The molecule has 0 aromatic heterocycles. The van der Waals surface area contributed by atoms with Crippen LogP contribution in [0.1, 0.15) is 18.5 Å². The van der Waals surface area contributed by atoms with E-state index in [9.17, 15) is 0 Å². The molecule has 0 radical (unpaired) electrons. The van der Waals surface area contributed by atoms with Gasteiger partial charge in [-0.25, -0.2) is 0 Å². The Kier molecular flexibility index (Phi) is 4.64. The molecule has 2 aromatic carbocycles. The predicted octanol–water partition coefficient (Wildman–Crippen LogP) is 3.74. The Bertz CT molecular complexity index is 554. The molecule has 0 bridgehead atoms. The summed E-state index contributed by atoms with van der Waals surface area (Å²) in [5.41, 5.74) is 3.48. The molecule has 1 unspecified atom stereocenters. The first kappa shape index (κ1) is 14.4. The number of nitrogens with zero attached hydrogens (tertiary/aromatic N) is 1. The lowest BCUT2D eigenvalue weighted by atomic mass is 10.0. The summed E-state index contributed by atoms with van der Waals surface area (Å²) in [4.78, 5) is 2.19. The smallest absolute Gasteiger partial charge is 0.125 e. The maximum atomic E-state index is 5.53. The van der Waals surface area contributed by atoms with E-state index in [1.54, 1.807) is 7.11 Å². The maximum absolute atomic E-state index is 5.53. The van der Waals surface area contributed by atoms with Crippen molar-refractivity contribution in [1.82, 2.24) is 5.32 Å². The summed E-state index contributed by atoms with van der Waals surface area (Å²) in [6.45, 7) is 2.14. The van der Waals surface area contributed by atoms with E-state index in [0.29, 0.717) is 0 Å². The van der Waals surface area contributed by atoms with E-state index in [-0.39, 0.29) is 6.04 Å². The van der Waals surface area contributed by atoms with Crippen LogP contribution in [0.25, 0.3) is 0 Å². The Morgan fingerprint density at radius 1 is 1.05 bits per heavy atom. The van der Waals surface area contributed by atoms with Crippen molar-refractivity contribution in [3.8, 4) is 5.75 Å². The lowest BCUT2D eigenvalue weighted by Gasteiger charge is -2.26. The van der Waals surface area contributed by atoms with E-state index in [4.69, 9.17) is 4.74 Å². The van der Waals surface area contributed by atoms with Crippen molar-refractivity contribution < 1.29 is 4.74 Å². The first-order valence-corrected chi connectivity index (χ1v) is 6.82. The van der Waals surface area contributed by atoms with Gasteiger partial charge >= 0.3 is 0 Å². The Balaban J connectivity index is 2.50. The van der Waals surface area contributed by atoms with Gasteiger partial charge in [-0.15, -0.1) is 0 Å².